The van der Waals surface area contributed by atoms with Crippen molar-refractivity contribution in [2.75, 3.05) is 18.9 Å². The number of fused-ring (bicyclic) bond motifs is 1. The van der Waals surface area contributed by atoms with Gasteiger partial charge in [0.1, 0.15) is 6.10 Å². The van der Waals surface area contributed by atoms with Crippen molar-refractivity contribution in [2.45, 2.75) is 25.4 Å². The smallest absolute Gasteiger partial charge is 0.282 e. The molecular weight excluding hydrogens is 294 g/mol. The topological polar surface area (TPSA) is 149 Å². The Hall–Kier alpha value is -2.01. The van der Waals surface area contributed by atoms with Gasteiger partial charge in [-0.3, -0.25) is 13.9 Å². The molecule has 0 aliphatic carbocycles. The van der Waals surface area contributed by atoms with E-state index >= 15 is 0 Å². The van der Waals surface area contributed by atoms with E-state index in [4.69, 9.17) is 10.5 Å². The average molecular weight is 313 g/mol. The summed E-state index contributed by atoms with van der Waals surface area (Å²) in [5.41, 5.74) is 5.47. The first-order chi connectivity index (χ1) is 10.4. The van der Waals surface area contributed by atoms with Crippen molar-refractivity contribution in [2.24, 2.45) is 7.05 Å². The Morgan fingerprint density at radius 3 is 2.64 bits per heavy atom. The third-order valence-electron chi connectivity index (χ3n) is 3.36. The molecule has 2 aromatic rings. The molecule has 22 heavy (non-hydrogen) atoms. The second-order valence-electron chi connectivity index (χ2n) is 4.89. The molecule has 0 saturated carbocycles. The molecule has 0 saturated heterocycles. The van der Waals surface area contributed by atoms with Crippen molar-refractivity contribution in [3.05, 3.63) is 16.7 Å². The first-order valence-corrected chi connectivity index (χ1v) is 6.65. The molecule has 3 atom stereocenters. The maximum absolute atomic E-state index is 12.0. The van der Waals surface area contributed by atoms with E-state index in [1.54, 1.807) is 0 Å². The average Bonchev–Trinajstić information content (AvgIpc) is 2.89. The van der Waals surface area contributed by atoms with Crippen molar-refractivity contribution in [1.82, 2.24) is 19.1 Å². The highest BCUT2D eigenvalue weighted by molar-refractivity contribution is 5.70. The van der Waals surface area contributed by atoms with Gasteiger partial charge in [-0.2, -0.15) is 4.98 Å². The van der Waals surface area contributed by atoms with Crippen LogP contribution in [-0.4, -0.2) is 59.8 Å². The molecule has 0 fully saturated rings. The molecule has 0 spiro atoms. The second kappa shape index (κ2) is 6.40. The highest BCUT2D eigenvalue weighted by Crippen LogP contribution is 2.18. The van der Waals surface area contributed by atoms with E-state index in [1.165, 1.54) is 24.9 Å². The Morgan fingerprint density at radius 1 is 1.41 bits per heavy atom. The zero-order valence-corrected chi connectivity index (χ0v) is 12.2. The first kappa shape index (κ1) is 16.4. The number of nitrogen functional groups attached to an aromatic ring is 1. The van der Waals surface area contributed by atoms with Crippen LogP contribution in [-0.2, 0) is 11.8 Å². The SMILES string of the molecule is C[C@@H](O)[C@@H](CO)O[C@H](CO)n1cnc2c(=O)n(C)c(N)nc21. The van der Waals surface area contributed by atoms with Gasteiger partial charge in [0.15, 0.2) is 17.4 Å². The summed E-state index contributed by atoms with van der Waals surface area (Å²) < 4.78 is 7.94. The van der Waals surface area contributed by atoms with Crippen LogP contribution >= 0.6 is 0 Å². The van der Waals surface area contributed by atoms with Gasteiger partial charge in [0.05, 0.1) is 25.6 Å². The fraction of sp³-hybridized carbons (Fsp3) is 0.583. The van der Waals surface area contributed by atoms with E-state index < -0.39 is 37.2 Å². The van der Waals surface area contributed by atoms with Crippen molar-refractivity contribution >= 4 is 17.1 Å². The van der Waals surface area contributed by atoms with Crippen molar-refractivity contribution in [3.63, 3.8) is 0 Å². The Balaban J connectivity index is 2.46. The van der Waals surface area contributed by atoms with Crippen LogP contribution in [0, 0.1) is 0 Å². The highest BCUT2D eigenvalue weighted by Gasteiger charge is 2.24. The number of imidazole rings is 1. The lowest BCUT2D eigenvalue weighted by Crippen LogP contribution is -2.34. The minimum atomic E-state index is -0.976. The Labute approximate surface area is 125 Å². The minimum Gasteiger partial charge on any atom is -0.394 e. The molecule has 5 N–H and O–H groups in total. The maximum Gasteiger partial charge on any atom is 0.282 e. The molecule has 2 rings (SSSR count). The quantitative estimate of drug-likeness (QED) is 0.476. The van der Waals surface area contributed by atoms with E-state index in [9.17, 15) is 20.1 Å². The number of hydrogen-bond acceptors (Lipinski definition) is 8. The minimum absolute atomic E-state index is 0.00910. The molecular formula is C12H19N5O5. The summed E-state index contributed by atoms with van der Waals surface area (Å²) in [6, 6.07) is 0. The molecule has 0 unspecified atom stereocenters. The van der Waals surface area contributed by atoms with E-state index in [-0.39, 0.29) is 17.1 Å². The fourth-order valence-corrected chi connectivity index (χ4v) is 1.98. The van der Waals surface area contributed by atoms with Crippen LogP contribution in [0.2, 0.25) is 0 Å². The molecule has 122 valence electrons. The number of aliphatic hydroxyl groups excluding tert-OH is 3. The predicted octanol–water partition coefficient (Wildman–Crippen LogP) is -2.04. The molecule has 10 heteroatoms. The van der Waals surface area contributed by atoms with Gasteiger partial charge in [0.25, 0.3) is 5.56 Å². The molecule has 2 heterocycles. The Kier molecular flexibility index (Phi) is 4.76. The van der Waals surface area contributed by atoms with Crippen LogP contribution in [0.25, 0.3) is 11.2 Å². The number of hydrogen-bond donors (Lipinski definition) is 4. The zero-order valence-electron chi connectivity index (χ0n) is 12.2. The molecule has 0 aromatic carbocycles. The molecule has 0 radical (unpaired) electrons. The van der Waals surface area contributed by atoms with Crippen molar-refractivity contribution < 1.29 is 20.1 Å². The van der Waals surface area contributed by atoms with E-state index in [2.05, 4.69) is 9.97 Å². The third kappa shape index (κ3) is 2.81. The number of rotatable bonds is 6. The van der Waals surface area contributed by atoms with Crippen molar-refractivity contribution in [1.29, 1.82) is 0 Å². The number of ether oxygens (including phenoxy) is 1. The largest absolute Gasteiger partial charge is 0.394 e. The van der Waals surface area contributed by atoms with Gasteiger partial charge in [0.2, 0.25) is 5.95 Å². The van der Waals surface area contributed by atoms with Crippen LogP contribution in [0.1, 0.15) is 13.2 Å². The maximum atomic E-state index is 12.0. The fourth-order valence-electron chi connectivity index (χ4n) is 1.98. The lowest BCUT2D eigenvalue weighted by Gasteiger charge is -2.25. The third-order valence-corrected chi connectivity index (χ3v) is 3.36. The number of aliphatic hydroxyl groups is 3. The van der Waals surface area contributed by atoms with Gasteiger partial charge in [-0.1, -0.05) is 0 Å². The second-order valence-corrected chi connectivity index (χ2v) is 4.89. The van der Waals surface area contributed by atoms with Crippen LogP contribution in [0.3, 0.4) is 0 Å². The monoisotopic (exact) mass is 313 g/mol. The lowest BCUT2D eigenvalue weighted by atomic mass is 10.2. The summed E-state index contributed by atoms with van der Waals surface area (Å²) in [7, 11) is 1.47. The van der Waals surface area contributed by atoms with Crippen LogP contribution < -0.4 is 11.3 Å². The van der Waals surface area contributed by atoms with Gasteiger partial charge < -0.3 is 25.8 Å². The number of nitrogens with two attached hydrogens (primary N) is 1. The number of aromatic nitrogens is 4. The van der Waals surface area contributed by atoms with Gasteiger partial charge in [-0.05, 0) is 6.92 Å². The standard InChI is InChI=1S/C12H19N5O5/c1-6(20)7(3-18)22-8(4-19)17-5-14-9-10(17)15-12(13)16(2)11(9)21/h5-8,18-20H,3-4H2,1-2H3,(H2,13,15)/t6-,7-,8-/m1/s1. The van der Waals surface area contributed by atoms with Gasteiger partial charge in [0, 0.05) is 7.05 Å². The van der Waals surface area contributed by atoms with E-state index in [1.807, 2.05) is 0 Å². The molecule has 0 amide bonds. The summed E-state index contributed by atoms with van der Waals surface area (Å²) in [5, 5.41) is 28.2. The number of anilines is 1. The van der Waals surface area contributed by atoms with Crippen LogP contribution in [0.5, 0.6) is 0 Å². The normalized spacial score (nSPS) is 15.9. The molecule has 2 aromatic heterocycles. The molecule has 0 bridgehead atoms. The van der Waals surface area contributed by atoms with Crippen LogP contribution in [0.15, 0.2) is 11.1 Å². The van der Waals surface area contributed by atoms with Gasteiger partial charge in [-0.25, -0.2) is 4.98 Å². The lowest BCUT2D eigenvalue weighted by molar-refractivity contribution is -0.131. The molecule has 0 aliphatic heterocycles. The van der Waals surface area contributed by atoms with Crippen LogP contribution in [0.4, 0.5) is 5.95 Å². The van der Waals surface area contributed by atoms with Crippen molar-refractivity contribution in [3.8, 4) is 0 Å². The summed E-state index contributed by atoms with van der Waals surface area (Å²) in [6.45, 7) is 0.553. The van der Waals surface area contributed by atoms with Gasteiger partial charge >= 0.3 is 0 Å². The predicted molar refractivity (Wildman–Crippen MR) is 76.9 cm³/mol. The summed E-state index contributed by atoms with van der Waals surface area (Å²) in [5.74, 6) is -0.00910. The number of nitrogens with zero attached hydrogens (tertiary/aromatic N) is 4. The Morgan fingerprint density at radius 2 is 2.09 bits per heavy atom. The summed E-state index contributed by atoms with van der Waals surface area (Å²) >= 11 is 0. The Bertz CT molecular complexity index is 710. The highest BCUT2D eigenvalue weighted by atomic mass is 16.5. The van der Waals surface area contributed by atoms with E-state index in [0.29, 0.717) is 0 Å². The first-order valence-electron chi connectivity index (χ1n) is 6.65. The molecule has 10 nitrogen and oxygen atoms in total. The zero-order chi connectivity index (χ0) is 16.4. The van der Waals surface area contributed by atoms with Gasteiger partial charge in [-0.15, -0.1) is 0 Å². The molecule has 0 aliphatic rings. The summed E-state index contributed by atoms with van der Waals surface area (Å²) in [4.78, 5) is 20.1. The summed E-state index contributed by atoms with van der Waals surface area (Å²) in [6.07, 6.45) is -1.54. The van der Waals surface area contributed by atoms with E-state index in [0.717, 1.165) is 4.57 Å².